The van der Waals surface area contributed by atoms with Crippen LogP contribution < -0.4 is 5.56 Å². The molecule has 19 heavy (non-hydrogen) atoms. The molecular weight excluding hydrogens is 287 g/mol. The van der Waals surface area contributed by atoms with Crippen LogP contribution >= 0.6 is 23.2 Å². The van der Waals surface area contributed by atoms with Crippen LogP contribution in [0.15, 0.2) is 23.0 Å². The van der Waals surface area contributed by atoms with Crippen molar-refractivity contribution in [3.63, 3.8) is 0 Å². The minimum Gasteiger partial charge on any atom is -0.333 e. The number of fused-ring (bicyclic) bond motifs is 1. The summed E-state index contributed by atoms with van der Waals surface area (Å²) in [6.07, 6.45) is 0. The molecule has 0 atom stereocenters. The minimum absolute atomic E-state index is 0.315. The van der Waals surface area contributed by atoms with Crippen molar-refractivity contribution in [2.75, 3.05) is 0 Å². The van der Waals surface area contributed by atoms with E-state index in [4.69, 9.17) is 23.2 Å². The molecule has 1 aromatic carbocycles. The molecule has 3 rings (SSSR count). The van der Waals surface area contributed by atoms with Gasteiger partial charge in [-0.1, -0.05) is 23.2 Å². The normalized spacial score (nSPS) is 11.1. The number of nitrogens with one attached hydrogen (secondary N) is 2. The Kier molecular flexibility index (Phi) is 2.80. The van der Waals surface area contributed by atoms with E-state index in [1.54, 1.807) is 25.1 Å². The number of aryl methyl sites for hydroxylation is 1. The van der Waals surface area contributed by atoms with Crippen LogP contribution in [0.4, 0.5) is 0 Å². The highest BCUT2D eigenvalue weighted by Gasteiger charge is 2.13. The minimum atomic E-state index is -0.315. The summed E-state index contributed by atoms with van der Waals surface area (Å²) in [7, 11) is 0. The van der Waals surface area contributed by atoms with Crippen molar-refractivity contribution < 1.29 is 0 Å². The molecule has 2 N–H and O–H groups in total. The number of aromatic amines is 2. The molecule has 0 saturated carbocycles. The van der Waals surface area contributed by atoms with Crippen LogP contribution in [0.3, 0.4) is 0 Å². The van der Waals surface area contributed by atoms with Crippen molar-refractivity contribution >= 4 is 34.2 Å². The maximum Gasteiger partial charge on any atom is 0.290 e. The Bertz CT molecular complexity index is 837. The highest BCUT2D eigenvalue weighted by molar-refractivity contribution is 6.36. The molecule has 0 aliphatic heterocycles. The lowest BCUT2D eigenvalue weighted by atomic mass is 10.2. The molecule has 0 radical (unpaired) electrons. The lowest BCUT2D eigenvalue weighted by molar-refractivity contribution is 0.965. The fourth-order valence-electron chi connectivity index (χ4n) is 1.85. The maximum absolute atomic E-state index is 11.7. The van der Waals surface area contributed by atoms with Crippen molar-refractivity contribution in [2.45, 2.75) is 6.92 Å². The Morgan fingerprint density at radius 3 is 2.74 bits per heavy atom. The van der Waals surface area contributed by atoms with Crippen LogP contribution in [0, 0.1) is 6.92 Å². The molecule has 0 fully saturated rings. The SMILES string of the molecule is Cc1n[nH]c(=O)c2[nH]c(-c3ccc(Cl)cc3Cl)nc12. The van der Waals surface area contributed by atoms with E-state index in [0.29, 0.717) is 38.2 Å². The van der Waals surface area contributed by atoms with E-state index in [9.17, 15) is 4.79 Å². The first-order valence-corrected chi connectivity index (χ1v) is 6.22. The van der Waals surface area contributed by atoms with Crippen molar-refractivity contribution in [2.24, 2.45) is 0 Å². The second-order valence-corrected chi connectivity index (χ2v) is 4.91. The lowest BCUT2D eigenvalue weighted by Gasteiger charge is -2.00. The van der Waals surface area contributed by atoms with Gasteiger partial charge in [-0.25, -0.2) is 10.1 Å². The number of nitrogens with zero attached hydrogens (tertiary/aromatic N) is 2. The Labute approximate surface area is 117 Å². The largest absolute Gasteiger partial charge is 0.333 e. The quantitative estimate of drug-likeness (QED) is 0.725. The van der Waals surface area contributed by atoms with Gasteiger partial charge in [0.2, 0.25) is 0 Å². The van der Waals surface area contributed by atoms with Crippen LogP contribution in [0.5, 0.6) is 0 Å². The van der Waals surface area contributed by atoms with Gasteiger partial charge in [-0.05, 0) is 25.1 Å². The Morgan fingerprint density at radius 1 is 1.26 bits per heavy atom. The summed E-state index contributed by atoms with van der Waals surface area (Å²) in [6.45, 7) is 1.77. The van der Waals surface area contributed by atoms with Gasteiger partial charge in [0.1, 0.15) is 16.9 Å². The molecule has 5 nitrogen and oxygen atoms in total. The predicted octanol–water partition coefficient (Wildman–Crippen LogP) is 2.93. The number of H-pyrrole nitrogens is 2. The van der Waals surface area contributed by atoms with Crippen molar-refractivity contribution in [1.29, 1.82) is 0 Å². The zero-order chi connectivity index (χ0) is 13.6. The zero-order valence-electron chi connectivity index (χ0n) is 9.79. The van der Waals surface area contributed by atoms with E-state index < -0.39 is 0 Å². The summed E-state index contributed by atoms with van der Waals surface area (Å²) in [4.78, 5) is 19.0. The van der Waals surface area contributed by atoms with Gasteiger partial charge in [0.05, 0.1) is 10.7 Å². The van der Waals surface area contributed by atoms with E-state index in [1.165, 1.54) is 0 Å². The third-order valence-electron chi connectivity index (χ3n) is 2.78. The molecule has 2 heterocycles. The number of hydrogen-bond acceptors (Lipinski definition) is 3. The van der Waals surface area contributed by atoms with Crippen molar-refractivity contribution in [1.82, 2.24) is 20.2 Å². The second kappa shape index (κ2) is 4.36. The molecule has 96 valence electrons. The first-order chi connectivity index (χ1) is 9.06. The standard InChI is InChI=1S/C12H8Cl2N4O/c1-5-9-10(12(19)18-17-5)16-11(15-9)7-3-2-6(13)4-8(7)14/h2-4H,1H3,(H,15,16)(H,18,19). The van der Waals surface area contributed by atoms with Crippen LogP contribution in [0.25, 0.3) is 22.4 Å². The van der Waals surface area contributed by atoms with Gasteiger partial charge in [-0.3, -0.25) is 4.79 Å². The van der Waals surface area contributed by atoms with E-state index in [0.717, 1.165) is 0 Å². The summed E-state index contributed by atoms with van der Waals surface area (Å²) in [6, 6.07) is 5.09. The van der Waals surface area contributed by atoms with Gasteiger partial charge in [0.15, 0.2) is 0 Å². The highest BCUT2D eigenvalue weighted by Crippen LogP contribution is 2.29. The van der Waals surface area contributed by atoms with Crippen LogP contribution in [-0.2, 0) is 0 Å². The molecule has 7 heteroatoms. The fraction of sp³-hybridized carbons (Fsp3) is 0.0833. The molecule has 0 aliphatic rings. The van der Waals surface area contributed by atoms with E-state index >= 15 is 0 Å². The smallest absolute Gasteiger partial charge is 0.290 e. The zero-order valence-corrected chi connectivity index (χ0v) is 11.3. The van der Waals surface area contributed by atoms with Crippen LogP contribution in [0.2, 0.25) is 10.0 Å². The van der Waals surface area contributed by atoms with Gasteiger partial charge in [0, 0.05) is 10.6 Å². The number of imidazole rings is 1. The highest BCUT2D eigenvalue weighted by atomic mass is 35.5. The molecule has 0 aliphatic carbocycles. The number of aromatic nitrogens is 4. The molecule has 3 aromatic rings. The number of rotatable bonds is 1. The van der Waals surface area contributed by atoms with Gasteiger partial charge in [0.25, 0.3) is 5.56 Å². The first kappa shape index (κ1) is 12.2. The topological polar surface area (TPSA) is 74.4 Å². The maximum atomic E-state index is 11.7. The first-order valence-electron chi connectivity index (χ1n) is 5.46. The van der Waals surface area contributed by atoms with Crippen molar-refractivity contribution in [3.05, 3.63) is 44.3 Å². The summed E-state index contributed by atoms with van der Waals surface area (Å²) in [5.74, 6) is 0.512. The summed E-state index contributed by atoms with van der Waals surface area (Å²) in [5.41, 5.74) is 1.92. The summed E-state index contributed by atoms with van der Waals surface area (Å²) < 4.78 is 0. The van der Waals surface area contributed by atoms with E-state index in [1.807, 2.05) is 0 Å². The van der Waals surface area contributed by atoms with Gasteiger partial charge in [-0.15, -0.1) is 0 Å². The lowest BCUT2D eigenvalue weighted by Crippen LogP contribution is -2.09. The molecule has 0 unspecified atom stereocenters. The second-order valence-electron chi connectivity index (χ2n) is 4.07. The predicted molar refractivity (Wildman–Crippen MR) is 74.7 cm³/mol. The van der Waals surface area contributed by atoms with Crippen molar-refractivity contribution in [3.8, 4) is 11.4 Å². The third kappa shape index (κ3) is 2.01. The molecule has 0 amide bonds. The van der Waals surface area contributed by atoms with E-state index in [-0.39, 0.29) is 5.56 Å². The van der Waals surface area contributed by atoms with Gasteiger partial charge >= 0.3 is 0 Å². The molecule has 2 aromatic heterocycles. The average Bonchev–Trinajstić information content (AvgIpc) is 2.80. The molecule has 0 bridgehead atoms. The Balaban J connectivity index is 2.29. The number of benzene rings is 1. The van der Waals surface area contributed by atoms with Crippen LogP contribution in [0.1, 0.15) is 5.69 Å². The Morgan fingerprint density at radius 2 is 2.05 bits per heavy atom. The third-order valence-corrected chi connectivity index (χ3v) is 3.33. The fourth-order valence-corrected chi connectivity index (χ4v) is 2.35. The number of hydrogen-bond donors (Lipinski definition) is 2. The molecule has 0 spiro atoms. The summed E-state index contributed by atoms with van der Waals surface area (Å²) >= 11 is 12.0. The van der Waals surface area contributed by atoms with Crippen LogP contribution in [-0.4, -0.2) is 20.2 Å². The van der Waals surface area contributed by atoms with E-state index in [2.05, 4.69) is 20.2 Å². The van der Waals surface area contributed by atoms with Gasteiger partial charge in [-0.2, -0.15) is 5.10 Å². The average molecular weight is 295 g/mol. The Hall–Kier alpha value is -1.85. The molecular formula is C12H8Cl2N4O. The monoisotopic (exact) mass is 294 g/mol. The molecule has 0 saturated heterocycles. The number of halogens is 2. The van der Waals surface area contributed by atoms with Gasteiger partial charge < -0.3 is 4.98 Å². The summed E-state index contributed by atoms with van der Waals surface area (Å²) in [5, 5.41) is 7.28.